The van der Waals surface area contributed by atoms with E-state index in [-0.39, 0.29) is 5.54 Å². The molecule has 1 aromatic rings. The maximum absolute atomic E-state index is 6.08. The minimum atomic E-state index is -0.0866. The third kappa shape index (κ3) is 2.67. The molecule has 0 radical (unpaired) electrons. The van der Waals surface area contributed by atoms with Gasteiger partial charge in [-0.05, 0) is 40.9 Å². The summed E-state index contributed by atoms with van der Waals surface area (Å²) in [6.45, 7) is 1.51. The normalized spacial score (nSPS) is 19.4. The summed E-state index contributed by atoms with van der Waals surface area (Å²) in [4.78, 5) is 4.31. The van der Waals surface area contributed by atoms with E-state index in [9.17, 15) is 0 Å². The number of anilines is 1. The number of nitrogens with zero attached hydrogens (tertiary/aromatic N) is 1. The lowest BCUT2D eigenvalue weighted by Crippen LogP contribution is -2.45. The van der Waals surface area contributed by atoms with E-state index in [1.54, 1.807) is 6.20 Å². The number of aromatic nitrogens is 1. The standard InChI is InChI=1S/C11H14BrClN2O/c12-9-2-1-5-14-10(9)15-11(8-13)3-6-16-7-4-11/h1-2,5H,3-4,6-8H2,(H,14,15). The quantitative estimate of drug-likeness (QED) is 0.872. The number of rotatable bonds is 3. The Hall–Kier alpha value is -0.320. The van der Waals surface area contributed by atoms with E-state index in [4.69, 9.17) is 16.3 Å². The highest BCUT2D eigenvalue weighted by atomic mass is 79.9. The number of hydrogen-bond acceptors (Lipinski definition) is 3. The van der Waals surface area contributed by atoms with Gasteiger partial charge in [0, 0.05) is 25.3 Å². The predicted molar refractivity (Wildman–Crippen MR) is 69.1 cm³/mol. The highest BCUT2D eigenvalue weighted by Gasteiger charge is 2.32. The molecule has 2 rings (SSSR count). The van der Waals surface area contributed by atoms with Crippen LogP contribution in [0.15, 0.2) is 22.8 Å². The summed E-state index contributed by atoms with van der Waals surface area (Å²) in [7, 11) is 0. The Morgan fingerprint density at radius 3 is 2.88 bits per heavy atom. The van der Waals surface area contributed by atoms with Crippen molar-refractivity contribution in [3.8, 4) is 0 Å². The largest absolute Gasteiger partial charge is 0.381 e. The lowest BCUT2D eigenvalue weighted by molar-refractivity contribution is 0.0666. The highest BCUT2D eigenvalue weighted by Crippen LogP contribution is 2.29. The molecule has 0 aromatic carbocycles. The van der Waals surface area contributed by atoms with Crippen molar-refractivity contribution in [1.29, 1.82) is 0 Å². The van der Waals surface area contributed by atoms with Crippen molar-refractivity contribution < 1.29 is 4.74 Å². The monoisotopic (exact) mass is 304 g/mol. The number of hydrogen-bond donors (Lipinski definition) is 1. The first-order valence-corrected chi connectivity index (χ1v) is 6.61. The second-order valence-electron chi connectivity index (χ2n) is 3.99. The molecule has 3 nitrogen and oxygen atoms in total. The Bertz CT molecular complexity index is 356. The van der Waals surface area contributed by atoms with E-state index in [0.29, 0.717) is 5.88 Å². The molecule has 1 aliphatic heterocycles. The maximum Gasteiger partial charge on any atom is 0.140 e. The molecule has 0 saturated carbocycles. The predicted octanol–water partition coefficient (Wildman–Crippen LogP) is 3.04. The first-order chi connectivity index (χ1) is 7.76. The minimum Gasteiger partial charge on any atom is -0.381 e. The van der Waals surface area contributed by atoms with E-state index in [1.807, 2.05) is 12.1 Å². The Balaban J connectivity index is 2.15. The van der Waals surface area contributed by atoms with Crippen LogP contribution in [0.2, 0.25) is 0 Å². The lowest BCUT2D eigenvalue weighted by atomic mass is 9.92. The molecule has 5 heteroatoms. The summed E-state index contributed by atoms with van der Waals surface area (Å²) in [5.74, 6) is 1.42. The number of nitrogens with one attached hydrogen (secondary N) is 1. The van der Waals surface area contributed by atoms with Crippen LogP contribution in [0.1, 0.15) is 12.8 Å². The van der Waals surface area contributed by atoms with Crippen LogP contribution in [0.25, 0.3) is 0 Å². The van der Waals surface area contributed by atoms with E-state index < -0.39 is 0 Å². The van der Waals surface area contributed by atoms with Crippen LogP contribution in [-0.2, 0) is 4.74 Å². The van der Waals surface area contributed by atoms with Crippen LogP contribution in [0.5, 0.6) is 0 Å². The molecular weight excluding hydrogens is 291 g/mol. The summed E-state index contributed by atoms with van der Waals surface area (Å²) in [6.07, 6.45) is 3.60. The van der Waals surface area contributed by atoms with E-state index in [2.05, 4.69) is 26.2 Å². The first kappa shape index (κ1) is 12.1. The lowest BCUT2D eigenvalue weighted by Gasteiger charge is -2.37. The molecule has 0 spiro atoms. The average molecular weight is 306 g/mol. The molecule has 0 amide bonds. The molecule has 1 saturated heterocycles. The van der Waals surface area contributed by atoms with Crippen LogP contribution in [0.3, 0.4) is 0 Å². The Morgan fingerprint density at radius 2 is 2.25 bits per heavy atom. The van der Waals surface area contributed by atoms with Gasteiger partial charge in [-0.1, -0.05) is 0 Å². The minimum absolute atomic E-state index is 0.0866. The molecule has 1 fully saturated rings. The smallest absolute Gasteiger partial charge is 0.140 e. The maximum atomic E-state index is 6.08. The van der Waals surface area contributed by atoms with Crippen LogP contribution >= 0.6 is 27.5 Å². The van der Waals surface area contributed by atoms with Gasteiger partial charge in [0.2, 0.25) is 0 Å². The molecular formula is C11H14BrClN2O. The fourth-order valence-electron chi connectivity index (χ4n) is 1.78. The van der Waals surface area contributed by atoms with Crippen molar-refractivity contribution in [3.63, 3.8) is 0 Å². The van der Waals surface area contributed by atoms with Crippen LogP contribution < -0.4 is 5.32 Å². The van der Waals surface area contributed by atoms with Crippen molar-refractivity contribution in [2.75, 3.05) is 24.4 Å². The molecule has 0 atom stereocenters. The molecule has 0 bridgehead atoms. The van der Waals surface area contributed by atoms with Gasteiger partial charge in [-0.3, -0.25) is 0 Å². The summed E-state index contributed by atoms with van der Waals surface area (Å²) < 4.78 is 6.33. The zero-order chi connectivity index (χ0) is 11.4. The van der Waals surface area contributed by atoms with Crippen molar-refractivity contribution in [1.82, 2.24) is 4.98 Å². The zero-order valence-electron chi connectivity index (χ0n) is 8.88. The fourth-order valence-corrected chi connectivity index (χ4v) is 2.47. The van der Waals surface area contributed by atoms with E-state index >= 15 is 0 Å². The molecule has 0 aliphatic carbocycles. The van der Waals surface area contributed by atoms with Gasteiger partial charge in [-0.2, -0.15) is 0 Å². The Labute approximate surface area is 109 Å². The van der Waals surface area contributed by atoms with Crippen molar-refractivity contribution in [2.45, 2.75) is 18.4 Å². The summed E-state index contributed by atoms with van der Waals surface area (Å²) in [6, 6.07) is 3.86. The zero-order valence-corrected chi connectivity index (χ0v) is 11.2. The second-order valence-corrected chi connectivity index (χ2v) is 5.11. The van der Waals surface area contributed by atoms with Crippen LogP contribution in [-0.4, -0.2) is 29.6 Å². The van der Waals surface area contributed by atoms with Crippen molar-refractivity contribution >= 4 is 33.3 Å². The first-order valence-electron chi connectivity index (χ1n) is 5.28. The van der Waals surface area contributed by atoms with E-state index in [0.717, 1.165) is 36.3 Å². The van der Waals surface area contributed by atoms with Gasteiger partial charge < -0.3 is 10.1 Å². The van der Waals surface area contributed by atoms with Gasteiger partial charge in [-0.25, -0.2) is 4.98 Å². The highest BCUT2D eigenvalue weighted by molar-refractivity contribution is 9.10. The van der Waals surface area contributed by atoms with Gasteiger partial charge >= 0.3 is 0 Å². The average Bonchev–Trinajstić information content (AvgIpc) is 2.33. The number of pyridine rings is 1. The third-order valence-electron chi connectivity index (χ3n) is 2.85. The molecule has 88 valence electrons. The summed E-state index contributed by atoms with van der Waals surface area (Å²) in [5.41, 5.74) is -0.0866. The molecule has 2 heterocycles. The number of ether oxygens (including phenoxy) is 1. The van der Waals surface area contributed by atoms with Crippen molar-refractivity contribution in [3.05, 3.63) is 22.8 Å². The number of halogens is 2. The van der Waals surface area contributed by atoms with Gasteiger partial charge in [0.25, 0.3) is 0 Å². The number of alkyl halides is 1. The summed E-state index contributed by atoms with van der Waals surface area (Å²) in [5, 5.41) is 3.44. The van der Waals surface area contributed by atoms with Gasteiger partial charge in [0.1, 0.15) is 5.82 Å². The molecule has 1 N–H and O–H groups in total. The third-order valence-corrected chi connectivity index (χ3v) is 4.00. The van der Waals surface area contributed by atoms with Crippen LogP contribution in [0.4, 0.5) is 5.82 Å². The SMILES string of the molecule is ClCC1(Nc2ncccc2Br)CCOCC1. The summed E-state index contributed by atoms with van der Waals surface area (Å²) >= 11 is 9.56. The topological polar surface area (TPSA) is 34.2 Å². The van der Waals surface area contributed by atoms with Gasteiger partial charge in [0.05, 0.1) is 10.0 Å². The van der Waals surface area contributed by atoms with Crippen molar-refractivity contribution in [2.24, 2.45) is 0 Å². The van der Waals surface area contributed by atoms with Gasteiger partial charge in [0.15, 0.2) is 0 Å². The van der Waals surface area contributed by atoms with Crippen LogP contribution in [0, 0.1) is 0 Å². The Morgan fingerprint density at radius 1 is 1.50 bits per heavy atom. The molecule has 1 aliphatic rings. The molecule has 0 unspecified atom stereocenters. The molecule has 1 aromatic heterocycles. The van der Waals surface area contributed by atoms with E-state index in [1.165, 1.54) is 0 Å². The second kappa shape index (κ2) is 5.34. The Kier molecular flexibility index (Phi) is 4.05. The van der Waals surface area contributed by atoms with Gasteiger partial charge in [-0.15, -0.1) is 11.6 Å². The molecule has 16 heavy (non-hydrogen) atoms. The fraction of sp³-hybridized carbons (Fsp3) is 0.545.